The van der Waals surface area contributed by atoms with E-state index in [1.54, 1.807) is 0 Å². The third-order valence-corrected chi connectivity index (χ3v) is 2.40. The Morgan fingerprint density at radius 1 is 1.37 bits per heavy atom. The fourth-order valence-electron chi connectivity index (χ4n) is 1.48. The zero-order valence-corrected chi connectivity index (χ0v) is 9.90. The monoisotopic (exact) mass is 264 g/mol. The van der Waals surface area contributed by atoms with Crippen molar-refractivity contribution >= 4 is 5.91 Å². The summed E-state index contributed by atoms with van der Waals surface area (Å²) in [5.74, 6) is 0.200. The van der Waals surface area contributed by atoms with Crippen molar-refractivity contribution < 1.29 is 4.79 Å². The van der Waals surface area contributed by atoms with Crippen LogP contribution in [0.3, 0.4) is 0 Å². The van der Waals surface area contributed by atoms with Crippen LogP contribution in [0, 0.1) is 0 Å². The molecule has 100 valence electrons. The molecule has 2 rings (SSSR count). The first-order valence-corrected chi connectivity index (χ1v) is 5.61. The Bertz CT molecular complexity index is 656. The number of nitrogens with one attached hydrogen (secondary N) is 4. The highest BCUT2D eigenvalue weighted by atomic mass is 16.2. The predicted molar refractivity (Wildman–Crippen MR) is 64.7 cm³/mol. The number of aromatic nitrogens is 5. The molecule has 2 aromatic rings. The molecule has 0 aliphatic carbocycles. The van der Waals surface area contributed by atoms with Crippen LogP contribution in [0.25, 0.3) is 0 Å². The number of carbonyl (C=O) groups excluding carboxylic acids is 1. The van der Waals surface area contributed by atoms with E-state index >= 15 is 0 Å². The maximum atomic E-state index is 11.6. The molecule has 0 bridgehead atoms. The second-order valence-corrected chi connectivity index (χ2v) is 3.78. The lowest BCUT2D eigenvalue weighted by molar-refractivity contribution is 0.0951. The molecule has 9 heteroatoms. The smallest absolute Gasteiger partial charge is 0.325 e. The maximum absolute atomic E-state index is 11.6. The number of carbonyl (C=O) groups is 1. The highest BCUT2D eigenvalue weighted by molar-refractivity contribution is 5.93. The van der Waals surface area contributed by atoms with Crippen LogP contribution in [0.1, 0.15) is 22.6 Å². The minimum atomic E-state index is -0.712. The lowest BCUT2D eigenvalue weighted by atomic mass is 10.2. The molecule has 1 amide bonds. The first-order valence-electron chi connectivity index (χ1n) is 5.61. The molecule has 0 saturated carbocycles. The minimum absolute atomic E-state index is 0.126. The Morgan fingerprint density at radius 3 is 2.89 bits per heavy atom. The van der Waals surface area contributed by atoms with Crippen molar-refractivity contribution in [3.63, 3.8) is 0 Å². The van der Waals surface area contributed by atoms with Crippen LogP contribution in [-0.2, 0) is 6.42 Å². The summed E-state index contributed by atoms with van der Waals surface area (Å²) in [7, 11) is 0. The summed E-state index contributed by atoms with van der Waals surface area (Å²) in [6.45, 7) is 0.387. The second kappa shape index (κ2) is 5.76. The molecule has 2 heterocycles. The molecule has 0 saturated heterocycles. The third kappa shape index (κ3) is 3.37. The zero-order valence-electron chi connectivity index (χ0n) is 9.90. The number of aryl methyl sites for hydroxylation is 1. The van der Waals surface area contributed by atoms with Crippen LogP contribution < -0.4 is 16.6 Å². The average molecular weight is 264 g/mol. The summed E-state index contributed by atoms with van der Waals surface area (Å²) >= 11 is 0. The van der Waals surface area contributed by atoms with E-state index in [0.717, 1.165) is 12.0 Å². The molecule has 0 aromatic carbocycles. The van der Waals surface area contributed by atoms with Crippen molar-refractivity contribution in [2.24, 2.45) is 0 Å². The molecule has 0 unspecified atom stereocenters. The lowest BCUT2D eigenvalue weighted by Crippen LogP contribution is -2.33. The molecule has 2 aromatic heterocycles. The van der Waals surface area contributed by atoms with Gasteiger partial charge in [0.05, 0.1) is 0 Å². The average Bonchev–Trinajstić information content (AvgIpc) is 2.87. The summed E-state index contributed by atoms with van der Waals surface area (Å²) < 4.78 is 0. The quantitative estimate of drug-likeness (QED) is 0.489. The van der Waals surface area contributed by atoms with E-state index in [1.165, 1.54) is 6.33 Å². The van der Waals surface area contributed by atoms with Crippen LogP contribution in [0.2, 0.25) is 0 Å². The van der Waals surface area contributed by atoms with Crippen LogP contribution in [-0.4, -0.2) is 37.6 Å². The Balaban J connectivity index is 1.84. The number of hydrogen-bond acceptors (Lipinski definition) is 5. The van der Waals surface area contributed by atoms with E-state index in [4.69, 9.17) is 0 Å². The van der Waals surface area contributed by atoms with Gasteiger partial charge in [-0.05, 0) is 6.42 Å². The van der Waals surface area contributed by atoms with Gasteiger partial charge in [0.25, 0.3) is 11.5 Å². The molecule has 0 spiro atoms. The van der Waals surface area contributed by atoms with Crippen molar-refractivity contribution in [2.75, 3.05) is 6.54 Å². The number of rotatable bonds is 5. The standard InChI is InChI=1S/C10H12N6O3/c17-8(6-4-12-10(19)15-9(6)18)11-3-1-2-7-13-5-14-16-7/h4-5H,1-3H2,(H,11,17)(H,13,14,16)(H2,12,15,18,19). The van der Waals surface area contributed by atoms with Crippen molar-refractivity contribution in [3.8, 4) is 0 Å². The summed E-state index contributed by atoms with van der Waals surface area (Å²) in [4.78, 5) is 41.9. The number of H-pyrrole nitrogens is 3. The van der Waals surface area contributed by atoms with Gasteiger partial charge in [0.1, 0.15) is 17.7 Å². The number of aromatic amines is 3. The summed E-state index contributed by atoms with van der Waals surface area (Å²) in [5, 5.41) is 8.98. The van der Waals surface area contributed by atoms with Crippen molar-refractivity contribution in [3.05, 3.63) is 44.8 Å². The topological polar surface area (TPSA) is 136 Å². The van der Waals surface area contributed by atoms with E-state index < -0.39 is 17.2 Å². The van der Waals surface area contributed by atoms with Crippen LogP contribution >= 0.6 is 0 Å². The zero-order chi connectivity index (χ0) is 13.7. The summed E-state index contributed by atoms with van der Waals surface area (Å²) in [6, 6.07) is 0. The Hall–Kier alpha value is -2.71. The first-order chi connectivity index (χ1) is 9.16. The molecule has 0 fully saturated rings. The number of amides is 1. The largest absolute Gasteiger partial charge is 0.352 e. The van der Waals surface area contributed by atoms with Gasteiger partial charge in [-0.1, -0.05) is 0 Å². The van der Waals surface area contributed by atoms with E-state index in [0.29, 0.717) is 19.4 Å². The Labute approximate surface area is 106 Å². The van der Waals surface area contributed by atoms with Crippen molar-refractivity contribution in [1.29, 1.82) is 0 Å². The van der Waals surface area contributed by atoms with E-state index in [9.17, 15) is 14.4 Å². The molecule has 19 heavy (non-hydrogen) atoms. The van der Waals surface area contributed by atoms with Gasteiger partial charge >= 0.3 is 5.69 Å². The fraction of sp³-hybridized carbons (Fsp3) is 0.300. The van der Waals surface area contributed by atoms with Gasteiger partial charge in [0, 0.05) is 19.2 Å². The van der Waals surface area contributed by atoms with Crippen LogP contribution in [0.4, 0.5) is 0 Å². The van der Waals surface area contributed by atoms with Gasteiger partial charge < -0.3 is 10.3 Å². The highest BCUT2D eigenvalue weighted by Crippen LogP contribution is 1.92. The highest BCUT2D eigenvalue weighted by Gasteiger charge is 2.09. The van der Waals surface area contributed by atoms with E-state index in [-0.39, 0.29) is 5.56 Å². The van der Waals surface area contributed by atoms with Gasteiger partial charge in [-0.15, -0.1) is 0 Å². The number of nitrogens with zero attached hydrogens (tertiary/aromatic N) is 2. The number of hydrogen-bond donors (Lipinski definition) is 4. The van der Waals surface area contributed by atoms with Gasteiger partial charge in [0.2, 0.25) is 0 Å². The molecule has 0 radical (unpaired) electrons. The first kappa shape index (κ1) is 12.7. The molecule has 0 atom stereocenters. The van der Waals surface area contributed by atoms with Gasteiger partial charge in [-0.3, -0.25) is 19.7 Å². The Morgan fingerprint density at radius 2 is 2.21 bits per heavy atom. The molecule has 0 aliphatic heterocycles. The fourth-order valence-corrected chi connectivity index (χ4v) is 1.48. The predicted octanol–water partition coefficient (Wildman–Crippen LogP) is -1.46. The molecular weight excluding hydrogens is 252 g/mol. The SMILES string of the molecule is O=C(NCCCc1ncn[nH]1)c1c[nH]c(=O)[nH]c1=O. The normalized spacial score (nSPS) is 10.3. The van der Waals surface area contributed by atoms with Gasteiger partial charge in [0.15, 0.2) is 0 Å². The molecule has 4 N–H and O–H groups in total. The molecule has 9 nitrogen and oxygen atoms in total. The van der Waals surface area contributed by atoms with Crippen molar-refractivity contribution in [2.45, 2.75) is 12.8 Å². The van der Waals surface area contributed by atoms with Crippen LogP contribution in [0.15, 0.2) is 22.1 Å². The third-order valence-electron chi connectivity index (χ3n) is 2.40. The Kier molecular flexibility index (Phi) is 3.86. The minimum Gasteiger partial charge on any atom is -0.352 e. The molecule has 0 aliphatic rings. The lowest BCUT2D eigenvalue weighted by Gasteiger charge is -2.03. The maximum Gasteiger partial charge on any atom is 0.325 e. The van der Waals surface area contributed by atoms with Crippen molar-refractivity contribution in [1.82, 2.24) is 30.5 Å². The second-order valence-electron chi connectivity index (χ2n) is 3.78. The molecular formula is C10H12N6O3. The van der Waals surface area contributed by atoms with Gasteiger partial charge in [-0.25, -0.2) is 9.78 Å². The summed E-state index contributed by atoms with van der Waals surface area (Å²) in [5.41, 5.74) is -1.48. The summed E-state index contributed by atoms with van der Waals surface area (Å²) in [6.07, 6.45) is 3.80. The van der Waals surface area contributed by atoms with Gasteiger partial charge in [-0.2, -0.15) is 5.10 Å². The van der Waals surface area contributed by atoms with E-state index in [1.807, 2.05) is 4.98 Å². The van der Waals surface area contributed by atoms with Crippen LogP contribution in [0.5, 0.6) is 0 Å². The van der Waals surface area contributed by atoms with E-state index in [2.05, 4.69) is 25.5 Å².